The maximum atomic E-state index is 13.0. The number of rotatable bonds is 4. The average molecular weight is 438 g/mol. The molecule has 30 heavy (non-hydrogen) atoms. The van der Waals surface area contributed by atoms with Gasteiger partial charge in [0.2, 0.25) is 15.9 Å². The molecule has 2 saturated carbocycles. The fourth-order valence-electron chi connectivity index (χ4n) is 4.91. The van der Waals surface area contributed by atoms with E-state index >= 15 is 0 Å². The van der Waals surface area contributed by atoms with Gasteiger partial charge in [0.15, 0.2) is 0 Å². The lowest BCUT2D eigenvalue weighted by molar-refractivity contribution is -0.137. The van der Waals surface area contributed by atoms with E-state index < -0.39 is 21.8 Å². The monoisotopic (exact) mass is 438 g/mol. The van der Waals surface area contributed by atoms with Crippen molar-refractivity contribution in [1.82, 2.24) is 0 Å². The molecule has 0 radical (unpaired) electrons. The van der Waals surface area contributed by atoms with E-state index in [9.17, 15) is 26.4 Å². The van der Waals surface area contributed by atoms with Crippen LogP contribution in [0.4, 0.5) is 18.9 Å². The lowest BCUT2D eigenvalue weighted by atomic mass is 9.97. The first-order valence-corrected chi connectivity index (χ1v) is 11.2. The first-order chi connectivity index (χ1) is 14.0. The fourth-order valence-corrected chi connectivity index (χ4v) is 5.43. The van der Waals surface area contributed by atoms with Gasteiger partial charge in [-0.1, -0.05) is 25.0 Å². The fraction of sp³-hybridized carbons (Fsp3) is 0.381. The van der Waals surface area contributed by atoms with Crippen LogP contribution in [0.5, 0.6) is 0 Å². The number of hydrogen-bond donors (Lipinski definition) is 2. The van der Waals surface area contributed by atoms with Gasteiger partial charge >= 0.3 is 6.18 Å². The molecule has 0 saturated heterocycles. The van der Waals surface area contributed by atoms with Crippen molar-refractivity contribution in [3.63, 3.8) is 0 Å². The summed E-state index contributed by atoms with van der Waals surface area (Å²) in [4.78, 5) is 13.0. The number of halogens is 3. The molecule has 3 N–H and O–H groups in total. The number of benzene rings is 2. The zero-order valence-corrected chi connectivity index (χ0v) is 16.8. The topological polar surface area (TPSA) is 89.3 Å². The summed E-state index contributed by atoms with van der Waals surface area (Å²) in [5.41, 5.74) is 0.235. The van der Waals surface area contributed by atoms with Crippen LogP contribution in [0.1, 0.15) is 42.7 Å². The van der Waals surface area contributed by atoms with Gasteiger partial charge in [-0.15, -0.1) is 0 Å². The van der Waals surface area contributed by atoms with Gasteiger partial charge in [0.1, 0.15) is 0 Å². The maximum Gasteiger partial charge on any atom is 0.416 e. The van der Waals surface area contributed by atoms with Crippen molar-refractivity contribution in [3.05, 3.63) is 59.7 Å². The number of amides is 1. The average Bonchev–Trinajstić information content (AvgIpc) is 3.05. The first kappa shape index (κ1) is 20.9. The lowest BCUT2D eigenvalue weighted by Crippen LogP contribution is -2.18. The third-order valence-corrected chi connectivity index (χ3v) is 7.26. The van der Waals surface area contributed by atoms with Gasteiger partial charge in [-0.05, 0) is 60.2 Å². The van der Waals surface area contributed by atoms with E-state index in [2.05, 4.69) is 5.32 Å². The summed E-state index contributed by atoms with van der Waals surface area (Å²) >= 11 is 0. The predicted octanol–water partition coefficient (Wildman–Crippen LogP) is 4.27. The Hall–Kier alpha value is -2.39. The van der Waals surface area contributed by atoms with Crippen molar-refractivity contribution in [2.75, 3.05) is 5.32 Å². The van der Waals surface area contributed by atoms with Crippen LogP contribution in [0.2, 0.25) is 0 Å². The second-order valence-corrected chi connectivity index (χ2v) is 9.64. The van der Waals surface area contributed by atoms with Crippen LogP contribution < -0.4 is 10.5 Å². The van der Waals surface area contributed by atoms with Gasteiger partial charge in [0.05, 0.1) is 16.4 Å². The number of carbonyl (C=O) groups excluding carboxylic acids is 1. The largest absolute Gasteiger partial charge is 0.416 e. The minimum absolute atomic E-state index is 0.0122. The third kappa shape index (κ3) is 3.72. The molecule has 2 aliphatic carbocycles. The highest BCUT2D eigenvalue weighted by Gasteiger charge is 2.68. The molecule has 2 aromatic rings. The molecule has 9 heteroatoms. The summed E-state index contributed by atoms with van der Waals surface area (Å²) in [5.74, 6) is -0.580. The molecule has 2 aliphatic rings. The zero-order valence-electron chi connectivity index (χ0n) is 15.9. The van der Waals surface area contributed by atoms with Crippen LogP contribution in [0.3, 0.4) is 0 Å². The molecule has 4 rings (SSSR count). The number of nitrogens with two attached hydrogens (primary N) is 1. The molecule has 0 aliphatic heterocycles. The lowest BCUT2D eigenvalue weighted by Gasteiger charge is -2.10. The van der Waals surface area contributed by atoms with Crippen molar-refractivity contribution < 1.29 is 26.4 Å². The van der Waals surface area contributed by atoms with Crippen LogP contribution in [0.25, 0.3) is 0 Å². The molecule has 1 amide bonds. The van der Waals surface area contributed by atoms with Crippen LogP contribution in [-0.4, -0.2) is 14.3 Å². The number of hydrogen-bond acceptors (Lipinski definition) is 3. The normalized spacial score (nSPS) is 22.8. The molecule has 2 atom stereocenters. The van der Waals surface area contributed by atoms with Crippen molar-refractivity contribution >= 4 is 21.6 Å². The molecule has 160 valence electrons. The molecule has 2 fully saturated rings. The summed E-state index contributed by atoms with van der Waals surface area (Å²) in [5, 5.41) is 7.90. The Balaban J connectivity index is 1.54. The number of nitrogens with one attached hydrogen (secondary N) is 1. The van der Waals surface area contributed by atoms with Crippen molar-refractivity contribution in [2.45, 2.75) is 42.7 Å². The number of carbonyl (C=O) groups is 1. The maximum absolute atomic E-state index is 13.0. The summed E-state index contributed by atoms with van der Waals surface area (Å²) in [6.07, 6.45) is -0.633. The summed E-state index contributed by atoms with van der Waals surface area (Å²) < 4.78 is 61.2. The van der Waals surface area contributed by atoms with E-state index in [1.165, 1.54) is 24.3 Å². The highest BCUT2D eigenvalue weighted by Crippen LogP contribution is 2.72. The highest BCUT2D eigenvalue weighted by atomic mass is 32.2. The van der Waals surface area contributed by atoms with Gasteiger partial charge in [-0.2, -0.15) is 13.2 Å². The SMILES string of the molecule is NS(=O)(=O)c1ccc([C@H]2[C@H](C(=O)Nc3ccc(C(F)(F)F)cc3)C23CCCC3)cc1. The Morgan fingerprint density at radius 3 is 2.07 bits per heavy atom. The number of alkyl halides is 3. The predicted molar refractivity (Wildman–Crippen MR) is 105 cm³/mol. The molecular weight excluding hydrogens is 417 g/mol. The number of anilines is 1. The molecule has 2 aromatic carbocycles. The van der Waals surface area contributed by atoms with Gasteiger partial charge in [0.25, 0.3) is 0 Å². The molecule has 0 unspecified atom stereocenters. The summed E-state index contributed by atoms with van der Waals surface area (Å²) in [6, 6.07) is 10.6. The number of sulfonamides is 1. The molecule has 0 bridgehead atoms. The van der Waals surface area contributed by atoms with E-state index in [0.29, 0.717) is 5.69 Å². The van der Waals surface area contributed by atoms with E-state index in [0.717, 1.165) is 43.4 Å². The Morgan fingerprint density at radius 1 is 1.00 bits per heavy atom. The van der Waals surface area contributed by atoms with Crippen molar-refractivity contribution in [3.8, 4) is 0 Å². The van der Waals surface area contributed by atoms with Crippen molar-refractivity contribution in [1.29, 1.82) is 0 Å². The smallest absolute Gasteiger partial charge is 0.326 e. The first-order valence-electron chi connectivity index (χ1n) is 9.63. The summed E-state index contributed by atoms with van der Waals surface area (Å²) in [6.45, 7) is 0. The second kappa shape index (κ2) is 7.09. The molecule has 0 aromatic heterocycles. The van der Waals surface area contributed by atoms with E-state index in [-0.39, 0.29) is 28.1 Å². The van der Waals surface area contributed by atoms with Crippen LogP contribution in [0, 0.1) is 11.3 Å². The third-order valence-electron chi connectivity index (χ3n) is 6.33. The highest BCUT2D eigenvalue weighted by molar-refractivity contribution is 7.89. The Bertz CT molecular complexity index is 1060. The number of primary sulfonamides is 1. The molecule has 1 spiro atoms. The van der Waals surface area contributed by atoms with Crippen LogP contribution in [0.15, 0.2) is 53.4 Å². The molecule has 0 heterocycles. The van der Waals surface area contributed by atoms with Gasteiger partial charge in [-0.3, -0.25) is 4.79 Å². The Labute approximate surface area is 172 Å². The van der Waals surface area contributed by atoms with Crippen LogP contribution >= 0.6 is 0 Å². The van der Waals surface area contributed by atoms with E-state index in [4.69, 9.17) is 5.14 Å². The van der Waals surface area contributed by atoms with E-state index in [1.807, 2.05) is 0 Å². The Morgan fingerprint density at radius 2 is 1.57 bits per heavy atom. The summed E-state index contributed by atoms with van der Waals surface area (Å²) in [7, 11) is -3.80. The van der Waals surface area contributed by atoms with Gasteiger partial charge in [0, 0.05) is 11.6 Å². The zero-order chi connectivity index (χ0) is 21.7. The van der Waals surface area contributed by atoms with Crippen LogP contribution in [-0.2, 0) is 21.0 Å². The Kier molecular flexibility index (Phi) is 4.93. The van der Waals surface area contributed by atoms with Gasteiger partial charge < -0.3 is 5.32 Å². The van der Waals surface area contributed by atoms with Gasteiger partial charge in [-0.25, -0.2) is 13.6 Å². The minimum Gasteiger partial charge on any atom is -0.326 e. The van der Waals surface area contributed by atoms with E-state index in [1.54, 1.807) is 12.1 Å². The molecule has 5 nitrogen and oxygen atoms in total. The standard InChI is InChI=1S/C21H21F3N2O3S/c22-21(23,24)14-5-7-15(8-6-14)26-19(27)18-17(20(18)11-1-2-12-20)13-3-9-16(10-4-13)30(25,28)29/h3-10,17-18H,1-2,11-12H2,(H,26,27)(H2,25,28,29)/t17-,18+/m0/s1. The quantitative estimate of drug-likeness (QED) is 0.747. The second-order valence-electron chi connectivity index (χ2n) is 8.07. The molecular formula is C21H21F3N2O3S. The van der Waals surface area contributed by atoms with Crippen molar-refractivity contribution in [2.24, 2.45) is 16.5 Å². The minimum atomic E-state index is -4.43.